The Bertz CT molecular complexity index is 823. The van der Waals surface area contributed by atoms with E-state index < -0.39 is 15.9 Å². The summed E-state index contributed by atoms with van der Waals surface area (Å²) < 4.78 is 24.6. The van der Waals surface area contributed by atoms with Gasteiger partial charge in [-0.3, -0.25) is 10.2 Å². The summed E-state index contributed by atoms with van der Waals surface area (Å²) in [6.45, 7) is 0. The Balaban J connectivity index is 2.11. The molecule has 21 heavy (non-hydrogen) atoms. The zero-order chi connectivity index (χ0) is 15.5. The van der Waals surface area contributed by atoms with Crippen molar-refractivity contribution in [3.8, 4) is 6.07 Å². The van der Waals surface area contributed by atoms with Gasteiger partial charge in [0.2, 0.25) is 0 Å². The predicted octanol–water partition coefficient (Wildman–Crippen LogP) is 1.27. The van der Waals surface area contributed by atoms with Crippen LogP contribution >= 0.6 is 15.9 Å². The standard InChI is InChI=1S/C12H9BrN4O3S/c13-9-5-11(15-7-9)12(18)16-17-21(19,20)10-3-1-2-8(4-10)6-14/h1-5,7,15,17H,(H,16,18). The lowest BCUT2D eigenvalue weighted by Gasteiger charge is -2.07. The largest absolute Gasteiger partial charge is 0.356 e. The van der Waals surface area contributed by atoms with E-state index in [1.165, 1.54) is 30.3 Å². The van der Waals surface area contributed by atoms with Crippen LogP contribution in [0.1, 0.15) is 16.1 Å². The summed E-state index contributed by atoms with van der Waals surface area (Å²) in [6.07, 6.45) is 1.54. The molecule has 0 saturated carbocycles. The molecular formula is C12H9BrN4O3S. The molecule has 2 aromatic rings. The first-order valence-electron chi connectivity index (χ1n) is 5.58. The molecule has 0 unspecified atom stereocenters. The number of aromatic nitrogens is 1. The van der Waals surface area contributed by atoms with Crippen molar-refractivity contribution in [2.75, 3.05) is 0 Å². The van der Waals surface area contributed by atoms with E-state index in [1.54, 1.807) is 6.20 Å². The van der Waals surface area contributed by atoms with Crippen molar-refractivity contribution in [1.82, 2.24) is 15.2 Å². The molecule has 1 aromatic carbocycles. The highest BCUT2D eigenvalue weighted by Crippen LogP contribution is 2.11. The smallest absolute Gasteiger partial charge is 0.282 e. The molecule has 7 nitrogen and oxygen atoms in total. The van der Waals surface area contributed by atoms with Gasteiger partial charge in [0, 0.05) is 10.7 Å². The molecule has 2 rings (SSSR count). The highest BCUT2D eigenvalue weighted by molar-refractivity contribution is 9.10. The maximum Gasteiger partial charge on any atom is 0.282 e. The maximum atomic E-state index is 12.0. The lowest BCUT2D eigenvalue weighted by molar-refractivity contribution is 0.0940. The summed E-state index contributed by atoms with van der Waals surface area (Å²) in [5, 5.41) is 8.75. The number of aromatic amines is 1. The van der Waals surface area contributed by atoms with Crippen LogP contribution in [0, 0.1) is 11.3 Å². The fourth-order valence-electron chi connectivity index (χ4n) is 1.47. The Morgan fingerprint density at radius 2 is 2.10 bits per heavy atom. The molecule has 0 spiro atoms. The number of hydrazine groups is 1. The van der Waals surface area contributed by atoms with Gasteiger partial charge in [-0.15, -0.1) is 4.83 Å². The SMILES string of the molecule is N#Cc1cccc(S(=O)(=O)NNC(=O)c2cc(Br)c[nH]2)c1. The number of benzene rings is 1. The minimum Gasteiger partial charge on any atom is -0.356 e. The molecule has 0 aliphatic heterocycles. The van der Waals surface area contributed by atoms with E-state index in [-0.39, 0.29) is 16.2 Å². The first-order chi connectivity index (χ1) is 9.92. The number of nitrogens with zero attached hydrogens (tertiary/aromatic N) is 1. The highest BCUT2D eigenvalue weighted by Gasteiger charge is 2.16. The average molecular weight is 369 g/mol. The second-order valence-corrected chi connectivity index (χ2v) is 6.53. The maximum absolute atomic E-state index is 12.0. The summed E-state index contributed by atoms with van der Waals surface area (Å²) in [5.74, 6) is -0.638. The molecule has 0 radical (unpaired) electrons. The van der Waals surface area contributed by atoms with Crippen LogP contribution in [0.3, 0.4) is 0 Å². The number of halogens is 1. The number of amides is 1. The molecule has 9 heteroatoms. The second-order valence-electron chi connectivity index (χ2n) is 3.93. The molecule has 0 saturated heterocycles. The predicted molar refractivity (Wildman–Crippen MR) is 77.4 cm³/mol. The molecule has 1 heterocycles. The van der Waals surface area contributed by atoms with Crippen LogP contribution in [0.15, 0.2) is 45.9 Å². The van der Waals surface area contributed by atoms with Crippen LogP contribution in [-0.2, 0) is 10.0 Å². The quantitative estimate of drug-likeness (QED) is 0.704. The van der Waals surface area contributed by atoms with Gasteiger partial charge in [-0.05, 0) is 40.2 Å². The van der Waals surface area contributed by atoms with Gasteiger partial charge in [0.1, 0.15) is 5.69 Å². The second kappa shape index (κ2) is 6.09. The van der Waals surface area contributed by atoms with E-state index in [1.807, 2.05) is 10.9 Å². The average Bonchev–Trinajstić information content (AvgIpc) is 2.91. The topological polar surface area (TPSA) is 115 Å². The van der Waals surface area contributed by atoms with E-state index in [2.05, 4.69) is 26.3 Å². The number of carbonyl (C=O) groups excluding carboxylic acids is 1. The summed E-state index contributed by atoms with van der Waals surface area (Å²) >= 11 is 3.16. The molecule has 0 atom stereocenters. The molecule has 0 bridgehead atoms. The van der Waals surface area contributed by atoms with Crippen molar-refractivity contribution in [2.24, 2.45) is 0 Å². The van der Waals surface area contributed by atoms with Gasteiger partial charge >= 0.3 is 0 Å². The van der Waals surface area contributed by atoms with Gasteiger partial charge in [-0.25, -0.2) is 8.42 Å². The lowest BCUT2D eigenvalue weighted by Crippen LogP contribution is -2.41. The fraction of sp³-hybridized carbons (Fsp3) is 0. The molecule has 0 fully saturated rings. The highest BCUT2D eigenvalue weighted by atomic mass is 79.9. The van der Waals surface area contributed by atoms with Crippen LogP contribution in [0.4, 0.5) is 0 Å². The Morgan fingerprint density at radius 1 is 1.33 bits per heavy atom. The van der Waals surface area contributed by atoms with E-state index in [0.29, 0.717) is 4.47 Å². The minimum atomic E-state index is -3.95. The Morgan fingerprint density at radius 3 is 2.71 bits per heavy atom. The summed E-state index contributed by atoms with van der Waals surface area (Å²) in [5.41, 5.74) is 2.47. The molecule has 0 aliphatic carbocycles. The molecule has 1 aromatic heterocycles. The van der Waals surface area contributed by atoms with Gasteiger partial charge in [0.05, 0.1) is 16.5 Å². The molecule has 108 valence electrons. The van der Waals surface area contributed by atoms with Crippen LogP contribution in [0.5, 0.6) is 0 Å². The van der Waals surface area contributed by atoms with Crippen molar-refractivity contribution >= 4 is 31.9 Å². The van der Waals surface area contributed by atoms with Gasteiger partial charge in [-0.1, -0.05) is 6.07 Å². The molecular weight excluding hydrogens is 360 g/mol. The third-order valence-corrected chi connectivity index (χ3v) is 4.17. The monoisotopic (exact) mass is 368 g/mol. The van der Waals surface area contributed by atoms with E-state index in [4.69, 9.17) is 5.26 Å². The summed E-state index contributed by atoms with van der Waals surface area (Å²) in [7, 11) is -3.95. The van der Waals surface area contributed by atoms with Crippen molar-refractivity contribution < 1.29 is 13.2 Å². The number of nitrogens with one attached hydrogen (secondary N) is 3. The van der Waals surface area contributed by atoms with Gasteiger partial charge in [0.15, 0.2) is 0 Å². The Hall–Kier alpha value is -2.15. The first-order valence-corrected chi connectivity index (χ1v) is 7.86. The summed E-state index contributed by atoms with van der Waals surface area (Å²) in [6, 6.07) is 8.79. The number of carbonyl (C=O) groups is 1. The summed E-state index contributed by atoms with van der Waals surface area (Å²) in [4.78, 5) is 16.2. The third-order valence-electron chi connectivity index (χ3n) is 2.46. The molecule has 1 amide bonds. The third kappa shape index (κ3) is 3.69. The number of nitriles is 1. The fourth-order valence-corrected chi connectivity index (χ4v) is 2.70. The van der Waals surface area contributed by atoms with Crippen LogP contribution in [0.25, 0.3) is 0 Å². The number of rotatable bonds is 4. The van der Waals surface area contributed by atoms with Gasteiger partial charge < -0.3 is 4.98 Å². The number of hydrogen-bond acceptors (Lipinski definition) is 4. The normalized spacial score (nSPS) is 10.9. The van der Waals surface area contributed by atoms with Crippen molar-refractivity contribution in [1.29, 1.82) is 5.26 Å². The number of hydrogen-bond donors (Lipinski definition) is 3. The number of H-pyrrole nitrogens is 1. The minimum absolute atomic E-state index is 0.116. The molecule has 3 N–H and O–H groups in total. The van der Waals surface area contributed by atoms with E-state index in [9.17, 15) is 13.2 Å². The lowest BCUT2D eigenvalue weighted by atomic mass is 10.2. The van der Waals surface area contributed by atoms with Crippen LogP contribution in [-0.4, -0.2) is 19.3 Å². The van der Waals surface area contributed by atoms with Crippen LogP contribution < -0.4 is 10.3 Å². The Kier molecular flexibility index (Phi) is 4.42. The zero-order valence-corrected chi connectivity index (χ0v) is 12.8. The van der Waals surface area contributed by atoms with Crippen molar-refractivity contribution in [3.05, 3.63) is 52.3 Å². The van der Waals surface area contributed by atoms with Gasteiger partial charge in [-0.2, -0.15) is 5.26 Å². The first kappa shape index (κ1) is 15.2. The molecule has 0 aliphatic rings. The van der Waals surface area contributed by atoms with E-state index >= 15 is 0 Å². The van der Waals surface area contributed by atoms with E-state index in [0.717, 1.165) is 0 Å². The zero-order valence-electron chi connectivity index (χ0n) is 10.4. The van der Waals surface area contributed by atoms with Crippen molar-refractivity contribution in [3.63, 3.8) is 0 Å². The number of sulfonamides is 1. The van der Waals surface area contributed by atoms with Crippen LogP contribution in [0.2, 0.25) is 0 Å². The Labute approximate surface area is 129 Å². The van der Waals surface area contributed by atoms with Crippen molar-refractivity contribution in [2.45, 2.75) is 4.90 Å². The van der Waals surface area contributed by atoms with Gasteiger partial charge in [0.25, 0.3) is 15.9 Å².